The molecule has 8 nitrogen and oxygen atoms in total. The molecule has 2 heterocycles. The fraction of sp³-hybridized carbons (Fsp3) is 0.241. The number of ketones is 1. The van der Waals surface area contributed by atoms with Crippen molar-refractivity contribution < 1.29 is 18.8 Å². The number of Topliss-reactive ketones (excluding diaryl/α,β-unsaturated/α-hetero) is 1. The lowest BCUT2D eigenvalue weighted by molar-refractivity contribution is -0.138. The highest BCUT2D eigenvalue weighted by Crippen LogP contribution is 2.27. The first-order valence-electron chi connectivity index (χ1n) is 12.4. The highest BCUT2D eigenvalue weighted by atomic mass is 35.5. The van der Waals surface area contributed by atoms with Crippen molar-refractivity contribution in [3.8, 4) is 0 Å². The molecular formula is C29H29ClFN5O3. The second kappa shape index (κ2) is 12.1. The fourth-order valence-corrected chi connectivity index (χ4v) is 4.47. The van der Waals surface area contributed by atoms with Gasteiger partial charge in [0.25, 0.3) is 0 Å². The largest absolute Gasteiger partial charge is 0.354 e. The predicted molar refractivity (Wildman–Crippen MR) is 150 cm³/mol. The molecule has 0 saturated heterocycles. The Morgan fingerprint density at radius 1 is 1.10 bits per heavy atom. The molecule has 4 rings (SSSR count). The van der Waals surface area contributed by atoms with Crippen molar-refractivity contribution in [2.75, 3.05) is 11.9 Å². The van der Waals surface area contributed by atoms with E-state index in [4.69, 9.17) is 11.6 Å². The molecule has 2 N–H and O–H groups in total. The predicted octanol–water partition coefficient (Wildman–Crippen LogP) is 5.33. The minimum atomic E-state index is -0.587. The van der Waals surface area contributed by atoms with Gasteiger partial charge in [-0.25, -0.2) is 4.39 Å². The van der Waals surface area contributed by atoms with Gasteiger partial charge in [-0.1, -0.05) is 23.7 Å². The number of nitrogens with one attached hydrogen (secondary N) is 2. The van der Waals surface area contributed by atoms with Crippen LogP contribution < -0.4 is 10.6 Å². The lowest BCUT2D eigenvalue weighted by Crippen LogP contribution is -2.45. The number of rotatable bonds is 10. The number of fused-ring (bicyclic) bond motifs is 1. The van der Waals surface area contributed by atoms with Crippen molar-refractivity contribution in [3.05, 3.63) is 89.1 Å². The summed E-state index contributed by atoms with van der Waals surface area (Å²) >= 11 is 5.81. The minimum Gasteiger partial charge on any atom is -0.354 e. The molecule has 0 aliphatic heterocycles. The zero-order valence-electron chi connectivity index (χ0n) is 21.9. The van der Waals surface area contributed by atoms with Gasteiger partial charge in [0.05, 0.1) is 23.5 Å². The summed E-state index contributed by atoms with van der Waals surface area (Å²) in [4.78, 5) is 44.0. The van der Waals surface area contributed by atoms with E-state index in [1.165, 1.54) is 24.0 Å². The summed E-state index contributed by atoms with van der Waals surface area (Å²) in [5.41, 5.74) is 3.05. The van der Waals surface area contributed by atoms with E-state index in [-0.39, 0.29) is 48.0 Å². The highest BCUT2D eigenvalue weighted by Gasteiger charge is 2.22. The Kier molecular flexibility index (Phi) is 8.61. The lowest BCUT2D eigenvalue weighted by atomic mass is 10.1. The van der Waals surface area contributed by atoms with Gasteiger partial charge < -0.3 is 20.1 Å². The van der Waals surface area contributed by atoms with E-state index in [1.807, 2.05) is 44.2 Å². The van der Waals surface area contributed by atoms with E-state index in [1.54, 1.807) is 29.2 Å². The number of hydrogen-bond acceptors (Lipinski definition) is 5. The van der Waals surface area contributed by atoms with Crippen molar-refractivity contribution >= 4 is 51.5 Å². The van der Waals surface area contributed by atoms with Crippen molar-refractivity contribution in [1.29, 1.82) is 0 Å². The summed E-state index contributed by atoms with van der Waals surface area (Å²) < 4.78 is 15.9. The van der Waals surface area contributed by atoms with Crippen LogP contribution in [-0.2, 0) is 22.7 Å². The van der Waals surface area contributed by atoms with Crippen molar-refractivity contribution in [2.45, 2.75) is 39.9 Å². The second-order valence-corrected chi connectivity index (χ2v) is 9.84. The lowest BCUT2D eigenvalue weighted by Gasteiger charge is -2.26. The van der Waals surface area contributed by atoms with Gasteiger partial charge in [0, 0.05) is 52.7 Å². The van der Waals surface area contributed by atoms with Gasteiger partial charge in [0.2, 0.25) is 11.8 Å². The smallest absolute Gasteiger partial charge is 0.243 e. The highest BCUT2D eigenvalue weighted by molar-refractivity contribution is 6.30. The summed E-state index contributed by atoms with van der Waals surface area (Å²) in [6.07, 6.45) is 5.05. The quantitative estimate of drug-likeness (QED) is 0.261. The zero-order chi connectivity index (χ0) is 28.1. The van der Waals surface area contributed by atoms with Gasteiger partial charge in [-0.2, -0.15) is 0 Å². The Morgan fingerprint density at radius 3 is 2.59 bits per heavy atom. The number of aromatic nitrogens is 2. The second-order valence-electron chi connectivity index (χ2n) is 9.43. The van der Waals surface area contributed by atoms with Gasteiger partial charge >= 0.3 is 0 Å². The summed E-state index contributed by atoms with van der Waals surface area (Å²) in [6.45, 7) is 4.80. The van der Waals surface area contributed by atoms with Crippen molar-refractivity contribution in [2.24, 2.45) is 0 Å². The van der Waals surface area contributed by atoms with Gasteiger partial charge in [-0.3, -0.25) is 19.4 Å². The van der Waals surface area contributed by atoms with E-state index in [0.29, 0.717) is 10.9 Å². The average Bonchev–Trinajstić information content (AvgIpc) is 3.26. The number of amides is 2. The first-order chi connectivity index (χ1) is 18.6. The fourth-order valence-electron chi connectivity index (χ4n) is 4.27. The van der Waals surface area contributed by atoms with E-state index < -0.39 is 11.7 Å². The monoisotopic (exact) mass is 549 g/mol. The first kappa shape index (κ1) is 27.8. The number of halogens is 2. The van der Waals surface area contributed by atoms with E-state index in [0.717, 1.165) is 16.9 Å². The Balaban J connectivity index is 1.50. The van der Waals surface area contributed by atoms with Crippen LogP contribution >= 0.6 is 11.6 Å². The number of carbonyl (C=O) groups is 3. The Morgan fingerprint density at radius 2 is 1.90 bits per heavy atom. The molecule has 0 spiro atoms. The van der Waals surface area contributed by atoms with Gasteiger partial charge in [0.15, 0.2) is 5.78 Å². The third kappa shape index (κ3) is 6.61. The molecular weight excluding hydrogens is 521 g/mol. The van der Waals surface area contributed by atoms with Crippen LogP contribution in [-0.4, -0.2) is 44.6 Å². The molecule has 2 amide bonds. The normalized spacial score (nSPS) is 11.0. The van der Waals surface area contributed by atoms with Gasteiger partial charge in [0.1, 0.15) is 12.4 Å². The molecule has 0 saturated carbocycles. The van der Waals surface area contributed by atoms with Crippen LogP contribution in [0.1, 0.15) is 36.7 Å². The van der Waals surface area contributed by atoms with Gasteiger partial charge in [-0.05, 0) is 57.2 Å². The number of hydrogen-bond donors (Lipinski definition) is 2. The van der Waals surface area contributed by atoms with E-state index >= 15 is 0 Å². The third-order valence-corrected chi connectivity index (χ3v) is 6.57. The van der Waals surface area contributed by atoms with Crippen molar-refractivity contribution in [1.82, 2.24) is 19.8 Å². The molecule has 2 aromatic heterocycles. The van der Waals surface area contributed by atoms with Crippen LogP contribution in [0.25, 0.3) is 10.9 Å². The van der Waals surface area contributed by atoms with Crippen LogP contribution in [0.4, 0.5) is 15.8 Å². The number of pyridine rings is 1. The SMILES string of the molecule is CC(=O)c1cn(CC(=O)N(CC(=O)NCc2cccc(Cl)c2F)C(C)C)c2ccc(Nc3cccnc3)cc12. The number of carbonyl (C=O) groups excluding carboxylic acids is 3. The summed E-state index contributed by atoms with van der Waals surface area (Å²) in [6, 6.07) is 13.6. The van der Waals surface area contributed by atoms with Crippen LogP contribution in [0, 0.1) is 5.82 Å². The minimum absolute atomic E-state index is 0.0235. The van der Waals surface area contributed by atoms with E-state index in [2.05, 4.69) is 15.6 Å². The molecule has 39 heavy (non-hydrogen) atoms. The molecule has 0 atom stereocenters. The molecule has 0 unspecified atom stereocenters. The average molecular weight is 550 g/mol. The van der Waals surface area contributed by atoms with Crippen LogP contribution in [0.2, 0.25) is 5.02 Å². The van der Waals surface area contributed by atoms with Crippen LogP contribution in [0.5, 0.6) is 0 Å². The molecule has 0 radical (unpaired) electrons. The number of benzene rings is 2. The molecule has 0 aliphatic carbocycles. The molecule has 0 bridgehead atoms. The standard InChI is InChI=1S/C29H29ClFN5O3/c1-18(2)36(16-27(38)33-13-20-6-4-8-25(30)29(20)31)28(39)17-35-15-24(19(3)37)23-12-21(9-10-26(23)35)34-22-7-5-11-32-14-22/h4-12,14-15,18,34H,13,16-17H2,1-3H3,(H,33,38). The van der Waals surface area contributed by atoms with Crippen LogP contribution in [0.3, 0.4) is 0 Å². The van der Waals surface area contributed by atoms with Crippen molar-refractivity contribution in [3.63, 3.8) is 0 Å². The maximum Gasteiger partial charge on any atom is 0.243 e. The Hall–Kier alpha value is -4.24. The Labute approximate surface area is 230 Å². The molecule has 2 aromatic carbocycles. The molecule has 0 aliphatic rings. The van der Waals surface area contributed by atoms with Crippen LogP contribution in [0.15, 0.2) is 67.1 Å². The van der Waals surface area contributed by atoms with Gasteiger partial charge in [-0.15, -0.1) is 0 Å². The summed E-state index contributed by atoms with van der Waals surface area (Å²) in [5.74, 6) is -1.43. The summed E-state index contributed by atoms with van der Waals surface area (Å²) in [7, 11) is 0. The topological polar surface area (TPSA) is 96.3 Å². The number of nitrogens with zero attached hydrogens (tertiary/aromatic N) is 3. The molecule has 4 aromatic rings. The first-order valence-corrected chi connectivity index (χ1v) is 12.8. The third-order valence-electron chi connectivity index (χ3n) is 6.28. The molecule has 0 fully saturated rings. The Bertz CT molecular complexity index is 1520. The molecule has 202 valence electrons. The maximum absolute atomic E-state index is 14.2. The maximum atomic E-state index is 14.2. The zero-order valence-corrected chi connectivity index (χ0v) is 22.6. The molecule has 10 heteroatoms. The van der Waals surface area contributed by atoms with E-state index in [9.17, 15) is 18.8 Å². The summed E-state index contributed by atoms with van der Waals surface area (Å²) in [5, 5.41) is 6.60. The number of anilines is 2.